The third-order valence-corrected chi connectivity index (χ3v) is 5.33. The highest BCUT2D eigenvalue weighted by atomic mass is 14.9. The molecule has 1 heteroatoms. The molecule has 2 aromatic rings. The number of nitrogens with zero attached hydrogens (tertiary/aromatic N) is 1. The molecule has 0 bridgehead atoms. The minimum atomic E-state index is 1.20. The van der Waals surface area contributed by atoms with E-state index in [0.717, 1.165) is 0 Å². The quantitative estimate of drug-likeness (QED) is 0.637. The Labute approximate surface area is 128 Å². The molecule has 1 aromatic carbocycles. The van der Waals surface area contributed by atoms with E-state index in [0.29, 0.717) is 0 Å². The summed E-state index contributed by atoms with van der Waals surface area (Å²) in [6, 6.07) is 2.36. The van der Waals surface area contributed by atoms with E-state index in [9.17, 15) is 0 Å². The molecule has 0 N–H and O–H groups in total. The highest BCUT2D eigenvalue weighted by Crippen LogP contribution is 2.37. The largest absolute Gasteiger partial charge is 0.216 e. The lowest BCUT2D eigenvalue weighted by Crippen LogP contribution is -2.33. The van der Waals surface area contributed by atoms with Gasteiger partial charge in [-0.05, 0) is 81.7 Å². The summed E-state index contributed by atoms with van der Waals surface area (Å²) < 4.78 is 2.35. The fourth-order valence-corrected chi connectivity index (χ4v) is 3.97. The summed E-state index contributed by atoms with van der Waals surface area (Å²) in [7, 11) is 2.20. The monoisotopic (exact) mass is 280 g/mol. The van der Waals surface area contributed by atoms with E-state index in [4.69, 9.17) is 0 Å². The van der Waals surface area contributed by atoms with Crippen LogP contribution in [-0.4, -0.2) is 0 Å². The van der Waals surface area contributed by atoms with Crippen LogP contribution >= 0.6 is 0 Å². The van der Waals surface area contributed by atoms with E-state index in [1.54, 1.807) is 11.1 Å². The van der Waals surface area contributed by atoms with Crippen molar-refractivity contribution in [3.63, 3.8) is 0 Å². The summed E-state index contributed by atoms with van der Waals surface area (Å²) in [6.45, 7) is 11.3. The Morgan fingerprint density at radius 1 is 0.810 bits per heavy atom. The van der Waals surface area contributed by atoms with Gasteiger partial charge in [-0.3, -0.25) is 0 Å². The molecule has 110 valence electrons. The lowest BCUT2D eigenvalue weighted by atomic mass is 9.89. The second-order valence-electron chi connectivity index (χ2n) is 6.72. The van der Waals surface area contributed by atoms with Crippen molar-refractivity contribution in [3.8, 4) is 11.3 Å². The van der Waals surface area contributed by atoms with E-state index < -0.39 is 0 Å². The normalized spacial score (nSPS) is 13.6. The van der Waals surface area contributed by atoms with Crippen molar-refractivity contribution in [2.45, 2.75) is 53.9 Å². The summed E-state index contributed by atoms with van der Waals surface area (Å²) in [4.78, 5) is 0. The highest BCUT2D eigenvalue weighted by Gasteiger charge is 2.27. The number of hydrogen-bond acceptors (Lipinski definition) is 0. The van der Waals surface area contributed by atoms with Gasteiger partial charge < -0.3 is 0 Å². The van der Waals surface area contributed by atoms with Gasteiger partial charge in [-0.2, -0.15) is 0 Å². The van der Waals surface area contributed by atoms with Crippen LogP contribution in [0.25, 0.3) is 11.3 Å². The Kier molecular flexibility index (Phi) is 3.39. The number of aryl methyl sites for hydroxylation is 4. The molecule has 0 aliphatic heterocycles. The summed E-state index contributed by atoms with van der Waals surface area (Å²) in [5.74, 6) is 0. The third-order valence-electron chi connectivity index (χ3n) is 5.33. The van der Waals surface area contributed by atoms with Crippen LogP contribution in [0.1, 0.15) is 45.4 Å². The molecule has 1 aromatic heterocycles. The van der Waals surface area contributed by atoms with E-state index in [1.807, 2.05) is 0 Å². The van der Waals surface area contributed by atoms with Gasteiger partial charge in [0.15, 0.2) is 6.20 Å². The Morgan fingerprint density at radius 2 is 1.43 bits per heavy atom. The van der Waals surface area contributed by atoms with Crippen LogP contribution in [0.2, 0.25) is 0 Å². The van der Waals surface area contributed by atoms with Gasteiger partial charge >= 0.3 is 0 Å². The van der Waals surface area contributed by atoms with Crippen molar-refractivity contribution in [3.05, 3.63) is 51.2 Å². The van der Waals surface area contributed by atoms with Crippen molar-refractivity contribution in [2.24, 2.45) is 7.05 Å². The average Bonchev–Trinajstić information content (AvgIpc) is 2.63. The standard InChI is InChI=1S/C20H26N/c1-12-10-13(2)19-17(15(12)4)8-7-9-18-16(5)14(3)11-21(6)20(18)19/h10-11H,7-9H2,1-6H3/q+1. The maximum absolute atomic E-state index is 2.36. The van der Waals surface area contributed by atoms with Crippen LogP contribution < -0.4 is 4.57 Å². The molecule has 1 nitrogen and oxygen atoms in total. The second kappa shape index (κ2) is 4.98. The lowest BCUT2D eigenvalue weighted by Gasteiger charge is -2.16. The number of pyridine rings is 1. The number of fused-ring (bicyclic) bond motifs is 3. The first-order valence-corrected chi connectivity index (χ1v) is 8.00. The summed E-state index contributed by atoms with van der Waals surface area (Å²) in [6.07, 6.45) is 5.95. The van der Waals surface area contributed by atoms with Crippen molar-refractivity contribution in [1.29, 1.82) is 0 Å². The van der Waals surface area contributed by atoms with Crippen molar-refractivity contribution >= 4 is 0 Å². The van der Waals surface area contributed by atoms with E-state index in [-0.39, 0.29) is 0 Å². The zero-order valence-corrected chi connectivity index (χ0v) is 14.2. The Balaban J connectivity index is 2.45. The molecule has 0 fully saturated rings. The molecule has 1 heterocycles. The molecule has 0 saturated heterocycles. The predicted octanol–water partition coefficient (Wildman–Crippen LogP) is 4.21. The van der Waals surface area contributed by atoms with Crippen LogP contribution in [-0.2, 0) is 19.9 Å². The Morgan fingerprint density at radius 3 is 2.14 bits per heavy atom. The predicted molar refractivity (Wildman–Crippen MR) is 88.8 cm³/mol. The lowest BCUT2D eigenvalue weighted by molar-refractivity contribution is -0.661. The van der Waals surface area contributed by atoms with Crippen LogP contribution in [0.3, 0.4) is 0 Å². The number of aromatic nitrogens is 1. The maximum Gasteiger partial charge on any atom is 0.216 e. The van der Waals surface area contributed by atoms with E-state index >= 15 is 0 Å². The molecular formula is C20H26N+. The van der Waals surface area contributed by atoms with Gasteiger partial charge in [0.25, 0.3) is 0 Å². The molecular weight excluding hydrogens is 254 g/mol. The second-order valence-corrected chi connectivity index (χ2v) is 6.72. The zero-order valence-electron chi connectivity index (χ0n) is 14.2. The zero-order chi connectivity index (χ0) is 15.3. The first-order valence-electron chi connectivity index (χ1n) is 8.00. The van der Waals surface area contributed by atoms with Gasteiger partial charge in [-0.25, -0.2) is 4.57 Å². The summed E-state index contributed by atoms with van der Waals surface area (Å²) >= 11 is 0. The van der Waals surface area contributed by atoms with E-state index in [1.165, 1.54) is 58.3 Å². The Hall–Kier alpha value is -1.63. The molecule has 3 rings (SSSR count). The van der Waals surface area contributed by atoms with Gasteiger partial charge in [0.05, 0.1) is 5.56 Å². The van der Waals surface area contributed by atoms with Gasteiger partial charge in [0.2, 0.25) is 5.69 Å². The van der Waals surface area contributed by atoms with Gasteiger partial charge in [-0.1, -0.05) is 6.07 Å². The van der Waals surface area contributed by atoms with Crippen LogP contribution in [0, 0.1) is 34.6 Å². The molecule has 1 aliphatic carbocycles. The summed E-state index contributed by atoms with van der Waals surface area (Å²) in [5, 5.41) is 0. The molecule has 0 saturated carbocycles. The smallest absolute Gasteiger partial charge is 0.200 e. The molecule has 0 amide bonds. The van der Waals surface area contributed by atoms with Crippen molar-refractivity contribution < 1.29 is 4.57 Å². The van der Waals surface area contributed by atoms with Crippen LogP contribution in [0.15, 0.2) is 12.3 Å². The fraction of sp³-hybridized carbons (Fsp3) is 0.450. The molecule has 0 atom stereocenters. The maximum atomic E-state index is 2.36. The Bertz CT molecular complexity index is 675. The average molecular weight is 280 g/mol. The number of rotatable bonds is 0. The third kappa shape index (κ3) is 2.10. The topological polar surface area (TPSA) is 3.88 Å². The highest BCUT2D eigenvalue weighted by molar-refractivity contribution is 5.72. The first kappa shape index (κ1) is 14.3. The van der Waals surface area contributed by atoms with E-state index in [2.05, 4.69) is 58.5 Å². The van der Waals surface area contributed by atoms with Gasteiger partial charge in [0.1, 0.15) is 7.05 Å². The molecule has 0 spiro atoms. The van der Waals surface area contributed by atoms with Crippen molar-refractivity contribution in [2.75, 3.05) is 0 Å². The minimum absolute atomic E-state index is 1.20. The molecule has 1 aliphatic rings. The minimum Gasteiger partial charge on any atom is -0.200 e. The molecule has 0 radical (unpaired) electrons. The molecule has 21 heavy (non-hydrogen) atoms. The van der Waals surface area contributed by atoms with Gasteiger partial charge in [0, 0.05) is 11.1 Å². The number of benzene rings is 1. The molecule has 0 unspecified atom stereocenters. The summed E-state index contributed by atoms with van der Waals surface area (Å²) in [5.41, 5.74) is 13.3. The fourth-order valence-electron chi connectivity index (χ4n) is 3.97. The van der Waals surface area contributed by atoms with Crippen molar-refractivity contribution in [1.82, 2.24) is 0 Å². The van der Waals surface area contributed by atoms with Crippen LogP contribution in [0.4, 0.5) is 0 Å². The van der Waals surface area contributed by atoms with Gasteiger partial charge in [-0.15, -0.1) is 0 Å². The SMILES string of the molecule is Cc1cc(C)c2c(c1C)CCCc1c(C)c(C)c[n+](C)c1-2. The van der Waals surface area contributed by atoms with Crippen LogP contribution in [0.5, 0.6) is 0 Å². The first-order chi connectivity index (χ1) is 9.91. The number of hydrogen-bond donors (Lipinski definition) is 0.